The number of hydrogen-bond acceptors (Lipinski definition) is 3. The molecule has 1 saturated heterocycles. The SMILES string of the molecule is O=C(NCCCOc1ccccc1)N1CCC(O)(C(F)(F)F)C1. The Bertz CT molecular complexity index is 524. The van der Waals surface area contributed by atoms with E-state index < -0.39 is 30.8 Å². The number of amides is 2. The molecule has 23 heavy (non-hydrogen) atoms. The van der Waals surface area contributed by atoms with Crippen LogP contribution in [0.25, 0.3) is 0 Å². The van der Waals surface area contributed by atoms with Gasteiger partial charge >= 0.3 is 12.2 Å². The van der Waals surface area contributed by atoms with Crippen molar-refractivity contribution in [2.45, 2.75) is 24.6 Å². The van der Waals surface area contributed by atoms with Crippen LogP contribution in [0.3, 0.4) is 0 Å². The molecule has 0 saturated carbocycles. The summed E-state index contributed by atoms with van der Waals surface area (Å²) in [6.45, 7) is -0.186. The van der Waals surface area contributed by atoms with Crippen molar-refractivity contribution >= 4 is 6.03 Å². The van der Waals surface area contributed by atoms with Crippen LogP contribution in [0.5, 0.6) is 5.75 Å². The molecule has 2 N–H and O–H groups in total. The lowest BCUT2D eigenvalue weighted by Gasteiger charge is -2.25. The molecule has 128 valence electrons. The number of aliphatic hydroxyl groups is 1. The molecular formula is C15H19F3N2O3. The van der Waals surface area contributed by atoms with Gasteiger partial charge in [0.1, 0.15) is 5.75 Å². The Hall–Kier alpha value is -1.96. The van der Waals surface area contributed by atoms with Crippen LogP contribution in [-0.4, -0.2) is 54.1 Å². The van der Waals surface area contributed by atoms with Gasteiger partial charge in [-0.2, -0.15) is 13.2 Å². The Balaban J connectivity index is 1.66. The van der Waals surface area contributed by atoms with Crippen LogP contribution in [0.15, 0.2) is 30.3 Å². The average Bonchev–Trinajstić information content (AvgIpc) is 2.91. The number of likely N-dealkylation sites (tertiary alicyclic amines) is 1. The predicted octanol–water partition coefficient (Wildman–Crippen LogP) is 2.16. The molecule has 1 heterocycles. The van der Waals surface area contributed by atoms with Gasteiger partial charge in [-0.1, -0.05) is 18.2 Å². The maximum atomic E-state index is 12.7. The van der Waals surface area contributed by atoms with Crippen LogP contribution in [0, 0.1) is 0 Å². The lowest BCUT2D eigenvalue weighted by molar-refractivity contribution is -0.253. The fourth-order valence-corrected chi connectivity index (χ4v) is 2.28. The third-order valence-electron chi connectivity index (χ3n) is 3.67. The number of benzene rings is 1. The predicted molar refractivity (Wildman–Crippen MR) is 77.1 cm³/mol. The second-order valence-electron chi connectivity index (χ2n) is 5.45. The first-order chi connectivity index (χ1) is 10.8. The summed E-state index contributed by atoms with van der Waals surface area (Å²) in [6.07, 6.45) is -4.70. The maximum absolute atomic E-state index is 12.7. The summed E-state index contributed by atoms with van der Waals surface area (Å²) in [5.41, 5.74) is -2.80. The van der Waals surface area contributed by atoms with Gasteiger partial charge < -0.3 is 20.1 Å². The Morgan fingerprint density at radius 1 is 1.35 bits per heavy atom. The molecule has 8 heteroatoms. The van der Waals surface area contributed by atoms with Crippen molar-refractivity contribution in [1.29, 1.82) is 0 Å². The number of carbonyl (C=O) groups excluding carboxylic acids is 1. The first-order valence-electron chi connectivity index (χ1n) is 7.31. The van der Waals surface area contributed by atoms with Crippen molar-refractivity contribution in [3.8, 4) is 5.75 Å². The largest absolute Gasteiger partial charge is 0.494 e. The van der Waals surface area contributed by atoms with Crippen LogP contribution in [-0.2, 0) is 0 Å². The molecule has 2 amide bonds. The van der Waals surface area contributed by atoms with E-state index in [9.17, 15) is 23.1 Å². The summed E-state index contributed by atoms with van der Waals surface area (Å²) < 4.78 is 43.4. The zero-order valence-electron chi connectivity index (χ0n) is 12.5. The second kappa shape index (κ2) is 7.08. The van der Waals surface area contributed by atoms with E-state index in [1.54, 1.807) is 12.1 Å². The Morgan fingerprint density at radius 2 is 2.04 bits per heavy atom. The number of nitrogens with one attached hydrogen (secondary N) is 1. The molecule has 1 aromatic rings. The van der Waals surface area contributed by atoms with E-state index in [2.05, 4.69) is 5.32 Å². The molecule has 1 aliphatic heterocycles. The zero-order chi connectivity index (χ0) is 16.9. The monoisotopic (exact) mass is 332 g/mol. The fourth-order valence-electron chi connectivity index (χ4n) is 2.28. The lowest BCUT2D eigenvalue weighted by Crippen LogP contribution is -2.49. The van der Waals surface area contributed by atoms with Crippen LogP contribution >= 0.6 is 0 Å². The quantitative estimate of drug-likeness (QED) is 0.813. The fraction of sp³-hybridized carbons (Fsp3) is 0.533. The maximum Gasteiger partial charge on any atom is 0.419 e. The van der Waals surface area contributed by atoms with Crippen molar-refractivity contribution in [2.24, 2.45) is 0 Å². The Morgan fingerprint density at radius 3 is 2.65 bits per heavy atom. The van der Waals surface area contributed by atoms with Crippen LogP contribution in [0.4, 0.5) is 18.0 Å². The summed E-state index contributed by atoms with van der Waals surface area (Å²) in [5, 5.41) is 12.0. The minimum absolute atomic E-state index is 0.123. The third-order valence-corrected chi connectivity index (χ3v) is 3.67. The highest BCUT2D eigenvalue weighted by atomic mass is 19.4. The van der Waals surface area contributed by atoms with Gasteiger partial charge in [0, 0.05) is 19.5 Å². The molecule has 0 bridgehead atoms. The molecule has 2 rings (SSSR count). The third kappa shape index (κ3) is 4.51. The normalized spacial score (nSPS) is 21.3. The molecule has 1 unspecified atom stereocenters. The standard InChI is InChI=1S/C15H19F3N2O3/c16-15(17,18)14(22)7-9-20(11-14)13(21)19-8-4-10-23-12-5-2-1-3-6-12/h1-3,5-6,22H,4,7-11H2,(H,19,21). The Labute approximate surface area is 132 Å². The highest BCUT2D eigenvalue weighted by Gasteiger charge is 2.57. The van der Waals surface area contributed by atoms with Crippen molar-refractivity contribution in [1.82, 2.24) is 10.2 Å². The number of para-hydroxylation sites is 1. The summed E-state index contributed by atoms with van der Waals surface area (Å²) in [7, 11) is 0. The van der Waals surface area contributed by atoms with E-state index in [1.807, 2.05) is 18.2 Å². The van der Waals surface area contributed by atoms with Crippen LogP contribution in [0.1, 0.15) is 12.8 Å². The van der Waals surface area contributed by atoms with E-state index in [0.29, 0.717) is 18.8 Å². The van der Waals surface area contributed by atoms with Gasteiger partial charge in [0.05, 0.1) is 13.2 Å². The van der Waals surface area contributed by atoms with Crippen LogP contribution in [0.2, 0.25) is 0 Å². The number of urea groups is 1. The number of halogens is 3. The summed E-state index contributed by atoms with van der Waals surface area (Å²) in [4.78, 5) is 12.8. The van der Waals surface area contributed by atoms with Crippen molar-refractivity contribution in [3.05, 3.63) is 30.3 Å². The molecule has 1 fully saturated rings. The number of β-amino-alcohol motifs (C(OH)–C–C–N with tert-alkyl or cyclic N) is 1. The van der Waals surface area contributed by atoms with Gasteiger partial charge in [-0.15, -0.1) is 0 Å². The first-order valence-corrected chi connectivity index (χ1v) is 7.31. The summed E-state index contributed by atoms with van der Waals surface area (Å²) in [6, 6.07) is 8.55. The van der Waals surface area contributed by atoms with Crippen molar-refractivity contribution in [3.63, 3.8) is 0 Å². The molecule has 0 spiro atoms. The highest BCUT2D eigenvalue weighted by Crippen LogP contribution is 2.37. The number of carbonyl (C=O) groups is 1. The molecule has 0 radical (unpaired) electrons. The molecule has 0 aromatic heterocycles. The number of rotatable bonds is 5. The van der Waals surface area contributed by atoms with Gasteiger partial charge in [0.25, 0.3) is 0 Å². The lowest BCUT2D eigenvalue weighted by atomic mass is 10.0. The molecule has 1 aromatic carbocycles. The van der Waals surface area contributed by atoms with Crippen LogP contribution < -0.4 is 10.1 Å². The van der Waals surface area contributed by atoms with E-state index in [0.717, 1.165) is 4.90 Å². The summed E-state index contributed by atoms with van der Waals surface area (Å²) in [5.74, 6) is 0.716. The average molecular weight is 332 g/mol. The summed E-state index contributed by atoms with van der Waals surface area (Å²) >= 11 is 0. The van der Waals surface area contributed by atoms with Gasteiger partial charge in [0.2, 0.25) is 0 Å². The number of alkyl halides is 3. The number of nitrogens with zero attached hydrogens (tertiary/aromatic N) is 1. The molecular weight excluding hydrogens is 313 g/mol. The van der Waals surface area contributed by atoms with E-state index in [1.165, 1.54) is 0 Å². The smallest absolute Gasteiger partial charge is 0.419 e. The van der Waals surface area contributed by atoms with Gasteiger partial charge in [-0.3, -0.25) is 0 Å². The zero-order valence-corrected chi connectivity index (χ0v) is 12.5. The number of hydrogen-bond donors (Lipinski definition) is 2. The Kier molecular flexibility index (Phi) is 5.35. The molecule has 5 nitrogen and oxygen atoms in total. The van der Waals surface area contributed by atoms with Gasteiger partial charge in [-0.05, 0) is 18.6 Å². The highest BCUT2D eigenvalue weighted by molar-refractivity contribution is 5.74. The molecule has 1 atom stereocenters. The van der Waals surface area contributed by atoms with Crippen molar-refractivity contribution in [2.75, 3.05) is 26.2 Å². The second-order valence-corrected chi connectivity index (χ2v) is 5.45. The van der Waals surface area contributed by atoms with Gasteiger partial charge in [0.15, 0.2) is 5.60 Å². The molecule has 1 aliphatic rings. The van der Waals surface area contributed by atoms with Crippen molar-refractivity contribution < 1.29 is 27.8 Å². The minimum Gasteiger partial charge on any atom is -0.494 e. The minimum atomic E-state index is -4.73. The topological polar surface area (TPSA) is 61.8 Å². The van der Waals surface area contributed by atoms with E-state index in [4.69, 9.17) is 4.74 Å². The van der Waals surface area contributed by atoms with E-state index >= 15 is 0 Å². The number of ether oxygens (including phenoxy) is 1. The molecule has 0 aliphatic carbocycles. The van der Waals surface area contributed by atoms with Gasteiger partial charge in [-0.25, -0.2) is 4.79 Å². The van der Waals surface area contributed by atoms with E-state index in [-0.39, 0.29) is 13.1 Å². The first kappa shape index (κ1) is 17.4.